The van der Waals surface area contributed by atoms with Crippen LogP contribution in [-0.2, 0) is 10.9 Å². The lowest BCUT2D eigenvalue weighted by molar-refractivity contribution is -0.189. The minimum Gasteiger partial charge on any atom is -0.508 e. The van der Waals surface area contributed by atoms with E-state index in [1.165, 1.54) is 30.9 Å². The molecule has 2 aliphatic heterocycles. The topological polar surface area (TPSA) is 109 Å². The van der Waals surface area contributed by atoms with Gasteiger partial charge < -0.3 is 19.9 Å². The van der Waals surface area contributed by atoms with Gasteiger partial charge in [0.1, 0.15) is 11.5 Å². The Morgan fingerprint density at radius 2 is 1.70 bits per heavy atom. The van der Waals surface area contributed by atoms with Crippen molar-refractivity contribution in [1.82, 2.24) is 29.9 Å². The number of phenolic OH excluding ortho intramolecular Hbond substituents is 2. The van der Waals surface area contributed by atoms with Gasteiger partial charge in [0.2, 0.25) is 5.82 Å². The SMILES string of the molecule is CC(C)c1cc(-c2nnc(C(=O)NCCN3CC[O+](C4C[C@@H]4C)CC3)n2-c2ccc(CN3CCCC3)cc2)c(O)cc1O. The molecule has 3 aromatic rings. The van der Waals surface area contributed by atoms with Gasteiger partial charge in [-0.05, 0) is 61.2 Å². The molecular formula is C33H45N6O4+. The molecule has 43 heavy (non-hydrogen) atoms. The predicted octanol–water partition coefficient (Wildman–Crippen LogP) is 4.07. The lowest BCUT2D eigenvalue weighted by atomic mass is 9.98. The Hall–Kier alpha value is -3.47. The van der Waals surface area contributed by atoms with Gasteiger partial charge in [-0.2, -0.15) is 0 Å². The first-order chi connectivity index (χ1) is 20.8. The molecule has 2 saturated heterocycles. The second kappa shape index (κ2) is 12.6. The van der Waals surface area contributed by atoms with Crippen LogP contribution in [0.3, 0.4) is 0 Å². The second-order valence-corrected chi connectivity index (χ2v) is 12.7. The van der Waals surface area contributed by atoms with Crippen molar-refractivity contribution in [3.8, 4) is 28.6 Å². The molecule has 10 nitrogen and oxygen atoms in total. The molecule has 3 heterocycles. The Morgan fingerprint density at radius 3 is 2.35 bits per heavy atom. The van der Waals surface area contributed by atoms with Gasteiger partial charge in [-0.3, -0.25) is 19.2 Å². The molecule has 1 saturated carbocycles. The van der Waals surface area contributed by atoms with Gasteiger partial charge >= 0.3 is 0 Å². The number of likely N-dealkylation sites (tertiary alicyclic amines) is 1. The lowest BCUT2D eigenvalue weighted by Gasteiger charge is -2.32. The summed E-state index contributed by atoms with van der Waals surface area (Å²) >= 11 is 0. The molecule has 1 unspecified atom stereocenters. The van der Waals surface area contributed by atoms with E-state index >= 15 is 0 Å². The van der Waals surface area contributed by atoms with Crippen molar-refractivity contribution < 1.29 is 19.4 Å². The second-order valence-electron chi connectivity index (χ2n) is 12.7. The van der Waals surface area contributed by atoms with Crippen LogP contribution >= 0.6 is 0 Å². The van der Waals surface area contributed by atoms with E-state index in [1.54, 1.807) is 10.6 Å². The van der Waals surface area contributed by atoms with E-state index in [-0.39, 0.29) is 29.1 Å². The van der Waals surface area contributed by atoms with Gasteiger partial charge in [-0.15, -0.1) is 10.2 Å². The van der Waals surface area contributed by atoms with Crippen LogP contribution in [0.25, 0.3) is 17.1 Å². The van der Waals surface area contributed by atoms with Crippen LogP contribution in [0.5, 0.6) is 11.5 Å². The molecule has 2 atom stereocenters. The Bertz CT molecular complexity index is 1420. The number of carbonyl (C=O) groups is 1. The van der Waals surface area contributed by atoms with Gasteiger partial charge in [0.05, 0.1) is 18.7 Å². The van der Waals surface area contributed by atoms with Crippen LogP contribution in [0, 0.1) is 5.92 Å². The number of carbonyl (C=O) groups excluding carboxylic acids is 1. The molecule has 230 valence electrons. The van der Waals surface area contributed by atoms with E-state index in [9.17, 15) is 15.0 Å². The van der Waals surface area contributed by atoms with Crippen LogP contribution in [0.4, 0.5) is 0 Å². The van der Waals surface area contributed by atoms with Crippen molar-refractivity contribution in [3.63, 3.8) is 0 Å². The fraction of sp³-hybridized carbons (Fsp3) is 0.545. The number of aromatic nitrogens is 3. The molecule has 10 heteroatoms. The third-order valence-electron chi connectivity index (χ3n) is 9.19. The maximum Gasteiger partial charge on any atom is 0.289 e. The quantitative estimate of drug-likeness (QED) is 0.306. The van der Waals surface area contributed by atoms with Crippen molar-refractivity contribution >= 4 is 5.91 Å². The number of hydrogen-bond acceptors (Lipinski definition) is 7. The Kier molecular flexibility index (Phi) is 8.70. The number of phenols is 2. The van der Waals surface area contributed by atoms with Gasteiger partial charge in [-0.1, -0.05) is 32.9 Å². The largest absolute Gasteiger partial charge is 0.508 e. The van der Waals surface area contributed by atoms with Gasteiger partial charge in [0, 0.05) is 43.7 Å². The molecule has 3 fully saturated rings. The normalized spacial score (nSPS) is 21.5. The van der Waals surface area contributed by atoms with E-state index in [0.717, 1.165) is 64.1 Å². The summed E-state index contributed by atoms with van der Waals surface area (Å²) in [6, 6.07) is 11.2. The summed E-state index contributed by atoms with van der Waals surface area (Å²) in [6.07, 6.45) is 4.44. The monoisotopic (exact) mass is 589 g/mol. The molecule has 1 aromatic heterocycles. The Balaban J connectivity index is 1.22. The summed E-state index contributed by atoms with van der Waals surface area (Å²) in [5, 5.41) is 33.1. The summed E-state index contributed by atoms with van der Waals surface area (Å²) in [5.74, 6) is 0.907. The molecule has 3 N–H and O–H groups in total. The molecule has 0 spiro atoms. The number of hydrogen-bond donors (Lipinski definition) is 3. The van der Waals surface area contributed by atoms with E-state index in [2.05, 4.69) is 48.7 Å². The molecule has 1 amide bonds. The number of aromatic hydroxyl groups is 2. The van der Waals surface area contributed by atoms with Crippen molar-refractivity contribution in [2.75, 3.05) is 52.5 Å². The zero-order chi connectivity index (χ0) is 30.1. The van der Waals surface area contributed by atoms with Crippen molar-refractivity contribution in [2.45, 2.75) is 58.6 Å². The van der Waals surface area contributed by atoms with E-state index in [1.807, 2.05) is 26.0 Å². The van der Waals surface area contributed by atoms with Gasteiger partial charge in [-0.25, -0.2) is 0 Å². The molecule has 0 bridgehead atoms. The molecular weight excluding hydrogens is 544 g/mol. The highest BCUT2D eigenvalue weighted by Crippen LogP contribution is 2.39. The summed E-state index contributed by atoms with van der Waals surface area (Å²) in [5.41, 5.74) is 3.03. The average molecular weight is 590 g/mol. The highest BCUT2D eigenvalue weighted by Gasteiger charge is 2.45. The molecule has 1 aliphatic carbocycles. The van der Waals surface area contributed by atoms with Crippen LogP contribution < -0.4 is 5.32 Å². The highest BCUT2D eigenvalue weighted by molar-refractivity contribution is 5.92. The number of benzene rings is 2. The average Bonchev–Trinajstić information content (AvgIpc) is 3.33. The zero-order valence-electron chi connectivity index (χ0n) is 25.6. The number of nitrogens with one attached hydrogen (secondary N) is 1. The molecule has 6 rings (SSSR count). The van der Waals surface area contributed by atoms with Crippen molar-refractivity contribution in [1.29, 1.82) is 0 Å². The minimum absolute atomic E-state index is 0.0244. The Labute approximate surface area is 254 Å². The van der Waals surface area contributed by atoms with Crippen molar-refractivity contribution in [3.05, 3.63) is 53.3 Å². The van der Waals surface area contributed by atoms with Crippen LogP contribution in [0.1, 0.15) is 67.7 Å². The smallest absolute Gasteiger partial charge is 0.289 e. The highest BCUT2D eigenvalue weighted by atomic mass is 16.7. The molecule has 0 radical (unpaired) electrons. The molecule has 2 aromatic carbocycles. The van der Waals surface area contributed by atoms with Crippen molar-refractivity contribution in [2.24, 2.45) is 5.92 Å². The lowest BCUT2D eigenvalue weighted by Crippen LogP contribution is -2.46. The third-order valence-corrected chi connectivity index (χ3v) is 9.19. The van der Waals surface area contributed by atoms with Crippen LogP contribution in [0.2, 0.25) is 0 Å². The van der Waals surface area contributed by atoms with E-state index in [0.29, 0.717) is 29.6 Å². The third kappa shape index (κ3) is 6.56. The summed E-state index contributed by atoms with van der Waals surface area (Å²) in [6.45, 7) is 14.6. The maximum absolute atomic E-state index is 13.5. The van der Waals surface area contributed by atoms with Gasteiger partial charge in [0.15, 0.2) is 25.1 Å². The first kappa shape index (κ1) is 29.6. The maximum atomic E-state index is 13.5. The zero-order valence-corrected chi connectivity index (χ0v) is 25.6. The standard InChI is InChI=1S/C33H44N6O4/c1-22(2)26-19-27(29(41)20-28(26)40)31-35-36-32(39(31)25-8-6-24(7-9-25)21-38-11-4-5-12-38)33(42)34-10-13-37-14-16-43(17-15-37)30-18-23(30)3/h6-9,19-20,22-23,30H,4-5,10-18,21H2,1-3H3,(H2-,34,35,40,41,42)/p+1/t23-,30?/m0/s1. The summed E-state index contributed by atoms with van der Waals surface area (Å²) in [4.78, 5) is 18.4. The number of nitrogens with zero attached hydrogens (tertiary/aromatic N) is 5. The Morgan fingerprint density at radius 1 is 1.00 bits per heavy atom. The minimum atomic E-state index is -0.318. The number of amides is 1. The fourth-order valence-electron chi connectivity index (χ4n) is 6.43. The predicted molar refractivity (Wildman–Crippen MR) is 166 cm³/mol. The first-order valence-electron chi connectivity index (χ1n) is 15.8. The molecule has 3 aliphatic rings. The van der Waals surface area contributed by atoms with Gasteiger partial charge in [0.25, 0.3) is 5.91 Å². The number of morpholine rings is 1. The van der Waals surface area contributed by atoms with E-state index < -0.39 is 0 Å². The first-order valence-corrected chi connectivity index (χ1v) is 15.8. The van der Waals surface area contributed by atoms with Crippen LogP contribution in [-0.4, -0.2) is 99.3 Å². The fourth-order valence-corrected chi connectivity index (χ4v) is 6.43. The summed E-state index contributed by atoms with van der Waals surface area (Å²) < 4.78 is 5.17. The summed E-state index contributed by atoms with van der Waals surface area (Å²) in [7, 11) is 0. The van der Waals surface area contributed by atoms with Crippen LogP contribution in [0.15, 0.2) is 36.4 Å². The number of rotatable bonds is 10. The van der Waals surface area contributed by atoms with E-state index in [4.69, 9.17) is 0 Å².